The van der Waals surface area contributed by atoms with Crippen LogP contribution in [0.25, 0.3) is 0 Å². The van der Waals surface area contributed by atoms with Crippen LogP contribution in [-0.4, -0.2) is 17.6 Å². The van der Waals surface area contributed by atoms with E-state index < -0.39 is 6.10 Å². The maximum absolute atomic E-state index is 11.9. The number of hydrogen-bond donors (Lipinski definition) is 1. The molecule has 1 N–H and O–H groups in total. The van der Waals surface area contributed by atoms with Crippen LogP contribution in [0.4, 0.5) is 0 Å². The number of nitrogens with zero attached hydrogens (tertiary/aromatic N) is 1. The van der Waals surface area contributed by atoms with Gasteiger partial charge in [-0.15, -0.1) is 0 Å². The third-order valence-electron chi connectivity index (χ3n) is 2.49. The molecular formula is C15H20N2O2. The van der Waals surface area contributed by atoms with Crippen molar-refractivity contribution >= 4 is 5.91 Å². The molecule has 1 aromatic rings. The lowest BCUT2D eigenvalue weighted by Gasteiger charge is -2.24. The Morgan fingerprint density at radius 3 is 2.58 bits per heavy atom. The fourth-order valence-corrected chi connectivity index (χ4v) is 1.51. The highest BCUT2D eigenvalue weighted by Gasteiger charge is 2.21. The van der Waals surface area contributed by atoms with E-state index in [9.17, 15) is 4.79 Å². The number of carbonyl (C=O) groups is 1. The molecule has 0 aliphatic carbocycles. The maximum Gasteiger partial charge on any atom is 0.261 e. The van der Waals surface area contributed by atoms with Crippen LogP contribution >= 0.6 is 0 Å². The number of carbonyl (C=O) groups excluding carboxylic acids is 1. The van der Waals surface area contributed by atoms with E-state index in [1.54, 1.807) is 19.1 Å². The number of rotatable bonds is 3. The van der Waals surface area contributed by atoms with Gasteiger partial charge in [0.1, 0.15) is 5.75 Å². The molecule has 4 nitrogen and oxygen atoms in total. The lowest BCUT2D eigenvalue weighted by Crippen LogP contribution is -2.46. The van der Waals surface area contributed by atoms with E-state index in [2.05, 4.69) is 11.4 Å². The van der Waals surface area contributed by atoms with E-state index in [0.717, 1.165) is 5.56 Å². The van der Waals surface area contributed by atoms with Crippen LogP contribution in [0.5, 0.6) is 5.75 Å². The van der Waals surface area contributed by atoms with E-state index >= 15 is 0 Å². The largest absolute Gasteiger partial charge is 0.481 e. The van der Waals surface area contributed by atoms with E-state index in [-0.39, 0.29) is 11.4 Å². The smallest absolute Gasteiger partial charge is 0.261 e. The number of ether oxygens (including phenoxy) is 1. The van der Waals surface area contributed by atoms with Crippen molar-refractivity contribution in [2.24, 2.45) is 0 Å². The highest BCUT2D eigenvalue weighted by atomic mass is 16.5. The SMILES string of the molecule is Cc1ccc(C#N)cc1OC(C)C(=O)NC(C)(C)C. The van der Waals surface area contributed by atoms with Crippen LogP contribution in [0.1, 0.15) is 38.8 Å². The average Bonchev–Trinajstić information content (AvgIpc) is 2.29. The van der Waals surface area contributed by atoms with Crippen LogP contribution in [-0.2, 0) is 4.79 Å². The summed E-state index contributed by atoms with van der Waals surface area (Å²) in [6, 6.07) is 7.24. The molecule has 0 fully saturated rings. The zero-order chi connectivity index (χ0) is 14.6. The van der Waals surface area contributed by atoms with Crippen molar-refractivity contribution in [1.82, 2.24) is 5.32 Å². The van der Waals surface area contributed by atoms with Crippen molar-refractivity contribution in [3.8, 4) is 11.8 Å². The van der Waals surface area contributed by atoms with Crippen molar-refractivity contribution in [3.63, 3.8) is 0 Å². The highest BCUT2D eigenvalue weighted by Crippen LogP contribution is 2.20. The zero-order valence-electron chi connectivity index (χ0n) is 12.1. The number of aryl methyl sites for hydroxylation is 1. The Labute approximate surface area is 114 Å². The van der Waals surface area contributed by atoms with Crippen LogP contribution < -0.4 is 10.1 Å². The van der Waals surface area contributed by atoms with Crippen molar-refractivity contribution in [2.75, 3.05) is 0 Å². The second-order valence-electron chi connectivity index (χ2n) is 5.59. The molecular weight excluding hydrogens is 240 g/mol. The second kappa shape index (κ2) is 5.75. The summed E-state index contributed by atoms with van der Waals surface area (Å²) in [7, 11) is 0. The molecule has 1 aromatic carbocycles. The van der Waals surface area contributed by atoms with Crippen molar-refractivity contribution in [2.45, 2.75) is 46.3 Å². The summed E-state index contributed by atoms with van der Waals surface area (Å²) in [5, 5.41) is 11.7. The molecule has 1 rings (SSSR count). The van der Waals surface area contributed by atoms with Crippen LogP contribution in [0.15, 0.2) is 18.2 Å². The summed E-state index contributed by atoms with van der Waals surface area (Å²) in [5.41, 5.74) is 1.12. The number of nitrogens with one attached hydrogen (secondary N) is 1. The molecule has 1 atom stereocenters. The molecule has 0 heterocycles. The number of benzene rings is 1. The van der Waals surface area contributed by atoms with E-state index in [1.165, 1.54) is 0 Å². The molecule has 0 saturated carbocycles. The third kappa shape index (κ3) is 4.63. The van der Waals surface area contributed by atoms with Gasteiger partial charge < -0.3 is 10.1 Å². The molecule has 0 aliphatic heterocycles. The molecule has 0 aliphatic rings. The Hall–Kier alpha value is -2.02. The number of hydrogen-bond acceptors (Lipinski definition) is 3. The maximum atomic E-state index is 11.9. The van der Waals surface area contributed by atoms with Gasteiger partial charge >= 0.3 is 0 Å². The van der Waals surface area contributed by atoms with Gasteiger partial charge in [-0.25, -0.2) is 0 Å². The molecule has 0 aromatic heterocycles. The van der Waals surface area contributed by atoms with E-state index in [1.807, 2.05) is 33.8 Å². The minimum atomic E-state index is -0.605. The zero-order valence-corrected chi connectivity index (χ0v) is 12.1. The van der Waals surface area contributed by atoms with Gasteiger partial charge in [0.15, 0.2) is 6.10 Å². The first-order chi connectivity index (χ1) is 8.73. The highest BCUT2D eigenvalue weighted by molar-refractivity contribution is 5.81. The van der Waals surface area contributed by atoms with Gasteiger partial charge in [-0.1, -0.05) is 6.07 Å². The molecule has 102 valence electrons. The summed E-state index contributed by atoms with van der Waals surface area (Å²) in [5.74, 6) is 0.393. The Bertz CT molecular complexity index is 510. The molecule has 1 amide bonds. The average molecular weight is 260 g/mol. The Morgan fingerprint density at radius 2 is 2.05 bits per heavy atom. The summed E-state index contributed by atoms with van der Waals surface area (Å²) in [6.45, 7) is 9.32. The molecule has 0 spiro atoms. The first kappa shape index (κ1) is 15.0. The van der Waals surface area contributed by atoms with Crippen LogP contribution in [0, 0.1) is 18.3 Å². The van der Waals surface area contributed by atoms with Crippen molar-refractivity contribution in [1.29, 1.82) is 5.26 Å². The standard InChI is InChI=1S/C15H20N2O2/c1-10-6-7-12(9-16)8-13(10)19-11(2)14(18)17-15(3,4)5/h6-8,11H,1-5H3,(H,17,18). The van der Waals surface area contributed by atoms with Gasteiger partial charge in [-0.05, 0) is 52.3 Å². The Kier molecular flexibility index (Phi) is 4.55. The minimum Gasteiger partial charge on any atom is -0.481 e. The fraction of sp³-hybridized carbons (Fsp3) is 0.467. The minimum absolute atomic E-state index is 0.172. The molecule has 0 radical (unpaired) electrons. The predicted molar refractivity (Wildman–Crippen MR) is 73.9 cm³/mol. The van der Waals surface area contributed by atoms with Gasteiger partial charge in [0.25, 0.3) is 5.91 Å². The summed E-state index contributed by atoms with van der Waals surface area (Å²) < 4.78 is 5.63. The van der Waals surface area contributed by atoms with Gasteiger partial charge in [0.05, 0.1) is 11.6 Å². The van der Waals surface area contributed by atoms with Gasteiger partial charge in [0, 0.05) is 5.54 Å². The third-order valence-corrected chi connectivity index (χ3v) is 2.49. The second-order valence-corrected chi connectivity index (χ2v) is 5.59. The molecule has 0 saturated heterocycles. The summed E-state index contributed by atoms with van der Waals surface area (Å²) >= 11 is 0. The Balaban J connectivity index is 2.80. The molecule has 4 heteroatoms. The van der Waals surface area contributed by atoms with Gasteiger partial charge in [-0.3, -0.25) is 4.79 Å². The first-order valence-electron chi connectivity index (χ1n) is 6.22. The summed E-state index contributed by atoms with van der Waals surface area (Å²) in [6.07, 6.45) is -0.605. The topological polar surface area (TPSA) is 62.1 Å². The van der Waals surface area contributed by atoms with E-state index in [0.29, 0.717) is 11.3 Å². The monoisotopic (exact) mass is 260 g/mol. The quantitative estimate of drug-likeness (QED) is 0.908. The molecule has 1 unspecified atom stereocenters. The number of amides is 1. The molecule has 19 heavy (non-hydrogen) atoms. The lowest BCUT2D eigenvalue weighted by atomic mass is 10.1. The van der Waals surface area contributed by atoms with Crippen LogP contribution in [0.2, 0.25) is 0 Å². The first-order valence-corrected chi connectivity index (χ1v) is 6.22. The Morgan fingerprint density at radius 1 is 1.42 bits per heavy atom. The molecule has 0 bridgehead atoms. The van der Waals surface area contributed by atoms with Crippen molar-refractivity contribution in [3.05, 3.63) is 29.3 Å². The summed E-state index contributed by atoms with van der Waals surface area (Å²) in [4.78, 5) is 11.9. The van der Waals surface area contributed by atoms with E-state index in [4.69, 9.17) is 10.00 Å². The van der Waals surface area contributed by atoms with Crippen molar-refractivity contribution < 1.29 is 9.53 Å². The normalized spacial score (nSPS) is 12.4. The van der Waals surface area contributed by atoms with Gasteiger partial charge in [-0.2, -0.15) is 5.26 Å². The lowest BCUT2D eigenvalue weighted by molar-refractivity contribution is -0.128. The number of nitriles is 1. The van der Waals surface area contributed by atoms with Crippen LogP contribution in [0.3, 0.4) is 0 Å². The predicted octanol–water partition coefficient (Wildman–Crippen LogP) is 2.55. The fourth-order valence-electron chi connectivity index (χ4n) is 1.51. The van der Waals surface area contributed by atoms with Gasteiger partial charge in [0.2, 0.25) is 0 Å².